The number of anilines is 1. The van der Waals surface area contributed by atoms with Gasteiger partial charge >= 0.3 is 6.01 Å². The minimum atomic E-state index is -0.612. The zero-order valence-corrected chi connectivity index (χ0v) is 26.3. The molecular weight excluding hydrogens is 582 g/mol. The van der Waals surface area contributed by atoms with Gasteiger partial charge in [-0.05, 0) is 49.5 Å². The molecule has 4 atom stereocenters. The molecule has 6 heterocycles. The molecule has 46 heavy (non-hydrogen) atoms. The van der Waals surface area contributed by atoms with Crippen LogP contribution in [0, 0.1) is 29.9 Å². The van der Waals surface area contributed by atoms with E-state index in [2.05, 4.69) is 46.4 Å². The number of hydrogen-bond donors (Lipinski definition) is 1. The Bertz CT molecular complexity index is 1930. The lowest BCUT2D eigenvalue weighted by atomic mass is 9.93. The first-order valence-electron chi connectivity index (χ1n) is 16.4. The zero-order valence-electron chi connectivity index (χ0n) is 26.3. The normalized spacial score (nSPS) is 26.0. The van der Waals surface area contributed by atoms with E-state index in [9.17, 15) is 4.39 Å². The maximum absolute atomic E-state index is 16.9. The number of fused-ring (bicyclic) bond motifs is 5. The van der Waals surface area contributed by atoms with Gasteiger partial charge in [0, 0.05) is 54.9 Å². The van der Waals surface area contributed by atoms with Crippen LogP contribution >= 0.6 is 0 Å². The molecule has 0 spiro atoms. The average Bonchev–Trinajstić information content (AvgIpc) is 3.68. The SMILES string of the molecule is C#Cc1c(F)ccc2cccc(-c3ncc4c(N5C[C@H]6CC[C@@H](C5)N6)nc(OC[C@@]56CC[C@@H](C(C)C)N5CC(=C)C6)nc4c3F)c12. The van der Waals surface area contributed by atoms with E-state index in [1.54, 1.807) is 24.4 Å². The van der Waals surface area contributed by atoms with Crippen molar-refractivity contribution < 1.29 is 13.5 Å². The van der Waals surface area contributed by atoms with Gasteiger partial charge in [0.25, 0.3) is 0 Å². The zero-order chi connectivity index (χ0) is 31.7. The molecule has 4 fully saturated rings. The van der Waals surface area contributed by atoms with Gasteiger partial charge in [0.1, 0.15) is 29.5 Å². The number of hydrogen-bond acceptors (Lipinski definition) is 7. The second-order valence-electron chi connectivity index (χ2n) is 13.9. The van der Waals surface area contributed by atoms with Gasteiger partial charge in [0.15, 0.2) is 5.82 Å². The van der Waals surface area contributed by atoms with E-state index in [0.29, 0.717) is 58.2 Å². The Balaban J connectivity index is 1.24. The monoisotopic (exact) mass is 620 g/mol. The molecule has 7 nitrogen and oxygen atoms in total. The first-order valence-corrected chi connectivity index (χ1v) is 16.4. The summed E-state index contributed by atoms with van der Waals surface area (Å²) in [5.74, 6) is 2.46. The summed E-state index contributed by atoms with van der Waals surface area (Å²) in [5, 5.41) is 5.34. The van der Waals surface area contributed by atoms with E-state index in [4.69, 9.17) is 21.1 Å². The number of terminal acetylenes is 1. The van der Waals surface area contributed by atoms with Crippen LogP contribution in [-0.2, 0) is 0 Å². The molecule has 4 saturated heterocycles. The highest BCUT2D eigenvalue weighted by atomic mass is 19.1. The Kier molecular flexibility index (Phi) is 7.00. The van der Waals surface area contributed by atoms with Gasteiger partial charge in [0.2, 0.25) is 0 Å². The molecule has 4 aliphatic heterocycles. The lowest BCUT2D eigenvalue weighted by Crippen LogP contribution is -2.51. The van der Waals surface area contributed by atoms with Crippen molar-refractivity contribution in [3.8, 4) is 29.6 Å². The van der Waals surface area contributed by atoms with Crippen molar-refractivity contribution in [1.82, 2.24) is 25.2 Å². The average molecular weight is 621 g/mol. The predicted molar refractivity (Wildman–Crippen MR) is 177 cm³/mol. The highest BCUT2D eigenvalue weighted by Crippen LogP contribution is 2.46. The van der Waals surface area contributed by atoms with Crippen LogP contribution in [0.15, 0.2) is 48.7 Å². The Labute approximate surface area is 268 Å². The summed E-state index contributed by atoms with van der Waals surface area (Å²) in [5.41, 5.74) is 1.73. The Hall–Kier alpha value is -4.13. The van der Waals surface area contributed by atoms with E-state index >= 15 is 4.39 Å². The van der Waals surface area contributed by atoms with Gasteiger partial charge in [-0.15, -0.1) is 6.42 Å². The molecule has 4 aliphatic rings. The van der Waals surface area contributed by atoms with Gasteiger partial charge in [-0.1, -0.05) is 56.2 Å². The third kappa shape index (κ3) is 4.65. The van der Waals surface area contributed by atoms with Gasteiger partial charge in [-0.25, -0.2) is 8.78 Å². The van der Waals surface area contributed by atoms with Crippen LogP contribution in [-0.4, -0.2) is 69.8 Å². The predicted octanol–water partition coefficient (Wildman–Crippen LogP) is 6.24. The van der Waals surface area contributed by atoms with E-state index in [1.165, 1.54) is 11.6 Å². The van der Waals surface area contributed by atoms with Crippen molar-refractivity contribution in [3.05, 3.63) is 65.9 Å². The van der Waals surface area contributed by atoms with Crippen LogP contribution in [0.3, 0.4) is 0 Å². The molecule has 0 amide bonds. The van der Waals surface area contributed by atoms with Crippen molar-refractivity contribution in [1.29, 1.82) is 0 Å². The molecule has 0 unspecified atom stereocenters. The van der Waals surface area contributed by atoms with Gasteiger partial charge < -0.3 is 15.0 Å². The highest BCUT2D eigenvalue weighted by Gasteiger charge is 2.51. The number of pyridine rings is 1. The standard InChI is InChI=1S/C37H38F2N6O/c1-5-26-29(38)12-9-23-7-6-8-27(31(23)26)33-32(39)34-28(16-40-33)35(44-18-24-10-11-25(19-44)41-24)43-36(42-34)46-20-37-14-13-30(21(2)3)45(37)17-22(4)15-37/h1,6-9,12,16,21,24-25,30,41H,4,10-11,13-15,17-20H2,2-3H3/t24-,25+,30-,37-/m0/s1. The number of piperazine rings is 1. The molecule has 2 aromatic heterocycles. The largest absolute Gasteiger partial charge is 0.461 e. The fraction of sp³-hybridized carbons (Fsp3) is 0.432. The third-order valence-corrected chi connectivity index (χ3v) is 10.7. The summed E-state index contributed by atoms with van der Waals surface area (Å²) < 4.78 is 38.2. The summed E-state index contributed by atoms with van der Waals surface area (Å²) in [6.07, 6.45) is 12.5. The Morgan fingerprint density at radius 2 is 1.93 bits per heavy atom. The second-order valence-corrected chi connectivity index (χ2v) is 13.9. The number of nitrogens with one attached hydrogen (secondary N) is 1. The summed E-state index contributed by atoms with van der Waals surface area (Å²) in [4.78, 5) is 19.0. The van der Waals surface area contributed by atoms with Crippen molar-refractivity contribution in [2.45, 2.75) is 69.6 Å². The van der Waals surface area contributed by atoms with E-state index in [1.807, 2.05) is 6.07 Å². The fourth-order valence-corrected chi connectivity index (χ4v) is 8.58. The number of rotatable bonds is 6. The highest BCUT2D eigenvalue weighted by molar-refractivity contribution is 6.02. The van der Waals surface area contributed by atoms with Crippen molar-refractivity contribution >= 4 is 27.5 Å². The number of nitrogens with zero attached hydrogens (tertiary/aromatic N) is 5. The molecule has 0 radical (unpaired) electrons. The molecule has 2 bridgehead atoms. The number of aromatic nitrogens is 3. The molecule has 0 aliphatic carbocycles. The van der Waals surface area contributed by atoms with Gasteiger partial charge in [0.05, 0.1) is 16.5 Å². The number of halogens is 2. The first-order chi connectivity index (χ1) is 22.2. The summed E-state index contributed by atoms with van der Waals surface area (Å²) >= 11 is 0. The van der Waals surface area contributed by atoms with Crippen LogP contribution in [0.2, 0.25) is 0 Å². The fourth-order valence-electron chi connectivity index (χ4n) is 8.58. The van der Waals surface area contributed by atoms with Gasteiger partial charge in [-0.2, -0.15) is 9.97 Å². The van der Waals surface area contributed by atoms with Crippen molar-refractivity contribution in [2.24, 2.45) is 5.92 Å². The molecule has 2 aromatic carbocycles. The maximum atomic E-state index is 16.9. The molecular formula is C37H38F2N6O. The summed E-state index contributed by atoms with van der Waals surface area (Å²) in [6.45, 7) is 11.7. The van der Waals surface area contributed by atoms with Crippen molar-refractivity contribution in [3.63, 3.8) is 0 Å². The molecule has 9 heteroatoms. The Morgan fingerprint density at radius 3 is 2.70 bits per heavy atom. The minimum Gasteiger partial charge on any atom is -0.461 e. The van der Waals surface area contributed by atoms with Crippen LogP contribution in [0.25, 0.3) is 32.9 Å². The van der Waals surface area contributed by atoms with Gasteiger partial charge in [-0.3, -0.25) is 9.88 Å². The lowest BCUT2D eigenvalue weighted by molar-refractivity contribution is 0.0719. The topological polar surface area (TPSA) is 66.4 Å². The van der Waals surface area contributed by atoms with E-state index < -0.39 is 11.6 Å². The molecule has 1 N–H and O–H groups in total. The summed E-state index contributed by atoms with van der Waals surface area (Å²) in [7, 11) is 0. The molecule has 236 valence electrons. The second kappa shape index (κ2) is 11.0. The van der Waals surface area contributed by atoms with E-state index in [0.717, 1.165) is 51.7 Å². The van der Waals surface area contributed by atoms with Crippen LogP contribution in [0.1, 0.15) is 51.5 Å². The quantitative estimate of drug-likeness (QED) is 0.202. The maximum Gasteiger partial charge on any atom is 0.319 e. The first kappa shape index (κ1) is 29.3. The van der Waals surface area contributed by atoms with E-state index in [-0.39, 0.29) is 28.3 Å². The Morgan fingerprint density at radius 1 is 1.13 bits per heavy atom. The van der Waals surface area contributed by atoms with Crippen LogP contribution in [0.5, 0.6) is 6.01 Å². The van der Waals surface area contributed by atoms with Crippen LogP contribution in [0.4, 0.5) is 14.6 Å². The number of ether oxygens (including phenoxy) is 1. The van der Waals surface area contributed by atoms with Crippen LogP contribution < -0.4 is 15.0 Å². The molecule has 0 saturated carbocycles. The lowest BCUT2D eigenvalue weighted by Gasteiger charge is -2.36. The summed E-state index contributed by atoms with van der Waals surface area (Å²) in [6, 6.07) is 9.65. The number of benzene rings is 2. The smallest absolute Gasteiger partial charge is 0.319 e. The molecule has 8 rings (SSSR count). The molecule has 4 aromatic rings. The third-order valence-electron chi connectivity index (χ3n) is 10.7. The van der Waals surface area contributed by atoms with Crippen molar-refractivity contribution in [2.75, 3.05) is 31.1 Å². The minimum absolute atomic E-state index is 0.0589.